The summed E-state index contributed by atoms with van der Waals surface area (Å²) in [6.45, 7) is 2.03. The van der Waals surface area contributed by atoms with E-state index in [2.05, 4.69) is 10.1 Å². The van der Waals surface area contributed by atoms with Crippen molar-refractivity contribution in [3.05, 3.63) is 74.5 Å². The molecule has 2 aromatic carbocycles. The third-order valence-corrected chi connectivity index (χ3v) is 4.86. The summed E-state index contributed by atoms with van der Waals surface area (Å²) >= 11 is 1.34. The van der Waals surface area contributed by atoms with Gasteiger partial charge >= 0.3 is 0 Å². The van der Waals surface area contributed by atoms with Crippen LogP contribution in [0, 0.1) is 6.92 Å². The van der Waals surface area contributed by atoms with Crippen LogP contribution in [0.15, 0.2) is 53.3 Å². The summed E-state index contributed by atoms with van der Waals surface area (Å²) in [5.74, 6) is 1.30. The Morgan fingerprint density at radius 1 is 1.08 bits per heavy atom. The Morgan fingerprint density at radius 2 is 1.80 bits per heavy atom. The van der Waals surface area contributed by atoms with Crippen LogP contribution in [-0.2, 0) is 0 Å². The molecule has 25 heavy (non-hydrogen) atoms. The smallest absolute Gasteiger partial charge is 0.291 e. The van der Waals surface area contributed by atoms with E-state index < -0.39 is 0 Å². The number of hydrogen-bond donors (Lipinski definition) is 0. The average molecular weight is 349 g/mol. The van der Waals surface area contributed by atoms with Gasteiger partial charge in [0.2, 0.25) is 4.96 Å². The van der Waals surface area contributed by atoms with Crippen molar-refractivity contribution in [1.82, 2.24) is 14.6 Å². The van der Waals surface area contributed by atoms with E-state index in [0.717, 1.165) is 16.9 Å². The topological polar surface area (TPSA) is 56.5 Å². The number of hydrogen-bond acceptors (Lipinski definition) is 5. The Morgan fingerprint density at radius 3 is 2.44 bits per heavy atom. The van der Waals surface area contributed by atoms with Crippen molar-refractivity contribution in [3.8, 4) is 17.1 Å². The number of rotatable bonds is 3. The molecule has 4 aromatic rings. The number of thiazole rings is 1. The van der Waals surface area contributed by atoms with Crippen molar-refractivity contribution in [1.29, 1.82) is 0 Å². The molecule has 0 unspecified atom stereocenters. The van der Waals surface area contributed by atoms with Crippen LogP contribution < -0.4 is 14.8 Å². The third-order valence-electron chi connectivity index (χ3n) is 3.91. The molecule has 6 heteroatoms. The average Bonchev–Trinajstić information content (AvgIpc) is 3.17. The molecule has 0 amide bonds. The van der Waals surface area contributed by atoms with Gasteiger partial charge in [0, 0.05) is 5.56 Å². The van der Waals surface area contributed by atoms with Gasteiger partial charge in [0.25, 0.3) is 5.56 Å². The molecule has 2 aromatic heterocycles. The molecule has 0 aliphatic rings. The van der Waals surface area contributed by atoms with Gasteiger partial charge in [-0.3, -0.25) is 4.79 Å². The minimum Gasteiger partial charge on any atom is -0.497 e. The van der Waals surface area contributed by atoms with E-state index in [1.807, 2.05) is 61.5 Å². The molecule has 124 valence electrons. The second-order valence-corrected chi connectivity index (χ2v) is 6.69. The molecule has 0 saturated heterocycles. The van der Waals surface area contributed by atoms with Gasteiger partial charge in [0.1, 0.15) is 5.75 Å². The zero-order valence-corrected chi connectivity index (χ0v) is 14.6. The molecule has 2 heterocycles. The molecule has 0 aliphatic heterocycles. The lowest BCUT2D eigenvalue weighted by Gasteiger charge is -1.99. The van der Waals surface area contributed by atoms with Crippen LogP contribution in [0.3, 0.4) is 0 Å². The normalized spacial score (nSPS) is 12.0. The highest BCUT2D eigenvalue weighted by molar-refractivity contribution is 7.15. The Labute approximate surface area is 147 Å². The van der Waals surface area contributed by atoms with E-state index >= 15 is 0 Å². The van der Waals surface area contributed by atoms with Crippen molar-refractivity contribution < 1.29 is 4.74 Å². The zero-order chi connectivity index (χ0) is 17.4. The molecule has 0 fully saturated rings. The first-order valence-corrected chi connectivity index (χ1v) is 8.58. The molecule has 4 rings (SSSR count). The summed E-state index contributed by atoms with van der Waals surface area (Å²) in [5, 5.41) is 4.36. The van der Waals surface area contributed by atoms with E-state index in [-0.39, 0.29) is 5.56 Å². The van der Waals surface area contributed by atoms with Gasteiger partial charge in [-0.1, -0.05) is 41.2 Å². The maximum Gasteiger partial charge on any atom is 0.291 e. The van der Waals surface area contributed by atoms with Crippen LogP contribution in [0.4, 0.5) is 0 Å². The van der Waals surface area contributed by atoms with Gasteiger partial charge in [0.05, 0.1) is 11.6 Å². The predicted octanol–water partition coefficient (Wildman–Crippen LogP) is 2.68. The standard InChI is InChI=1S/C19H15N3O2S/c1-12-3-5-13(6-4-12)11-16-18(23)22-19(25-16)20-17(21-22)14-7-9-15(24-2)10-8-14/h3-11H,1-2H3/b16-11-. The highest BCUT2D eigenvalue weighted by atomic mass is 32.1. The first kappa shape index (κ1) is 15.5. The number of ether oxygens (including phenoxy) is 1. The summed E-state index contributed by atoms with van der Waals surface area (Å²) in [7, 11) is 1.62. The number of aryl methyl sites for hydroxylation is 1. The van der Waals surface area contributed by atoms with Crippen LogP contribution in [0.1, 0.15) is 11.1 Å². The van der Waals surface area contributed by atoms with Crippen LogP contribution in [0.5, 0.6) is 5.75 Å². The first-order chi connectivity index (χ1) is 12.1. The number of benzene rings is 2. The molecule has 0 N–H and O–H groups in total. The van der Waals surface area contributed by atoms with Crippen molar-refractivity contribution in [2.45, 2.75) is 6.92 Å². The summed E-state index contributed by atoms with van der Waals surface area (Å²) < 4.78 is 7.14. The lowest BCUT2D eigenvalue weighted by Crippen LogP contribution is -2.23. The number of fused-ring (bicyclic) bond motifs is 1. The molecule has 0 spiro atoms. The highest BCUT2D eigenvalue weighted by Gasteiger charge is 2.12. The summed E-state index contributed by atoms with van der Waals surface area (Å²) in [6.07, 6.45) is 1.87. The fraction of sp³-hybridized carbons (Fsp3) is 0.105. The fourth-order valence-electron chi connectivity index (χ4n) is 2.51. The van der Waals surface area contributed by atoms with Gasteiger partial charge in [-0.25, -0.2) is 0 Å². The first-order valence-electron chi connectivity index (χ1n) is 7.76. The lowest BCUT2D eigenvalue weighted by molar-refractivity contribution is 0.415. The molecular formula is C19H15N3O2S. The van der Waals surface area contributed by atoms with Crippen molar-refractivity contribution in [2.24, 2.45) is 0 Å². The van der Waals surface area contributed by atoms with Gasteiger partial charge in [-0.05, 0) is 42.8 Å². The van der Waals surface area contributed by atoms with Gasteiger partial charge in [-0.2, -0.15) is 9.50 Å². The Bertz CT molecular complexity index is 1140. The van der Waals surface area contributed by atoms with E-state index in [9.17, 15) is 4.79 Å². The quantitative estimate of drug-likeness (QED) is 0.571. The highest BCUT2D eigenvalue weighted by Crippen LogP contribution is 2.20. The predicted molar refractivity (Wildman–Crippen MR) is 99.1 cm³/mol. The van der Waals surface area contributed by atoms with Crippen molar-refractivity contribution >= 4 is 22.4 Å². The number of nitrogens with zero attached hydrogens (tertiary/aromatic N) is 3. The molecular weight excluding hydrogens is 334 g/mol. The minimum atomic E-state index is -0.146. The molecule has 0 saturated carbocycles. The Kier molecular flexibility index (Phi) is 3.82. The lowest BCUT2D eigenvalue weighted by atomic mass is 10.1. The Hall–Kier alpha value is -2.99. The van der Waals surface area contributed by atoms with Gasteiger partial charge in [-0.15, -0.1) is 5.10 Å². The molecule has 0 aliphatic carbocycles. The van der Waals surface area contributed by atoms with E-state index in [1.165, 1.54) is 21.4 Å². The summed E-state index contributed by atoms with van der Waals surface area (Å²) in [5.41, 5.74) is 2.88. The number of aromatic nitrogens is 3. The molecule has 0 radical (unpaired) electrons. The maximum absolute atomic E-state index is 12.6. The van der Waals surface area contributed by atoms with Crippen LogP contribution in [0.25, 0.3) is 22.4 Å². The largest absolute Gasteiger partial charge is 0.497 e. The fourth-order valence-corrected chi connectivity index (χ4v) is 3.42. The second kappa shape index (κ2) is 6.14. The SMILES string of the molecule is COc1ccc(-c2nc3s/c(=C\c4ccc(C)cc4)c(=O)n3n2)cc1. The van der Waals surface area contributed by atoms with Crippen molar-refractivity contribution in [3.63, 3.8) is 0 Å². The molecule has 5 nitrogen and oxygen atoms in total. The monoisotopic (exact) mass is 349 g/mol. The third kappa shape index (κ3) is 2.92. The number of methoxy groups -OCH3 is 1. The molecule has 0 bridgehead atoms. The van der Waals surface area contributed by atoms with Crippen molar-refractivity contribution in [2.75, 3.05) is 7.11 Å². The van der Waals surface area contributed by atoms with Gasteiger partial charge < -0.3 is 4.74 Å². The van der Waals surface area contributed by atoms with E-state index in [1.54, 1.807) is 7.11 Å². The minimum absolute atomic E-state index is 0.146. The summed E-state index contributed by atoms with van der Waals surface area (Å²) in [4.78, 5) is 17.6. The second-order valence-electron chi connectivity index (χ2n) is 5.68. The van der Waals surface area contributed by atoms with E-state index in [0.29, 0.717) is 15.3 Å². The van der Waals surface area contributed by atoms with Crippen LogP contribution in [-0.4, -0.2) is 21.7 Å². The van der Waals surface area contributed by atoms with Crippen LogP contribution >= 0.6 is 11.3 Å². The Balaban J connectivity index is 1.76. The van der Waals surface area contributed by atoms with Crippen LogP contribution in [0.2, 0.25) is 0 Å². The van der Waals surface area contributed by atoms with E-state index in [4.69, 9.17) is 4.74 Å². The molecule has 0 atom stereocenters. The summed E-state index contributed by atoms with van der Waals surface area (Å²) in [6, 6.07) is 15.5. The van der Waals surface area contributed by atoms with Gasteiger partial charge in [0.15, 0.2) is 5.82 Å². The zero-order valence-electron chi connectivity index (χ0n) is 13.8. The maximum atomic E-state index is 12.6.